The van der Waals surface area contributed by atoms with Crippen LogP contribution in [-0.4, -0.2) is 34.8 Å². The topological polar surface area (TPSA) is 66.8 Å². The van der Waals surface area contributed by atoms with Gasteiger partial charge in [0.2, 0.25) is 0 Å². The quantitative estimate of drug-likeness (QED) is 0.267. The van der Waals surface area contributed by atoms with Crippen LogP contribution in [0.2, 0.25) is 5.02 Å². The van der Waals surface area contributed by atoms with Gasteiger partial charge < -0.3 is 14.7 Å². The van der Waals surface area contributed by atoms with Crippen molar-refractivity contribution in [3.05, 3.63) is 70.3 Å². The highest BCUT2D eigenvalue weighted by Gasteiger charge is 2.45. The molecule has 5 nitrogen and oxygen atoms in total. The molecule has 0 aromatic heterocycles. The number of hydrogen-bond donors (Lipinski definition) is 1. The number of amides is 1. The van der Waals surface area contributed by atoms with E-state index >= 15 is 0 Å². The van der Waals surface area contributed by atoms with Crippen LogP contribution in [0.1, 0.15) is 50.3 Å². The first-order valence-electron chi connectivity index (χ1n) is 10.2. The largest absolute Gasteiger partial charge is 0.507 e. The summed E-state index contributed by atoms with van der Waals surface area (Å²) in [7, 11) is 0. The summed E-state index contributed by atoms with van der Waals surface area (Å²) >= 11 is 6.03. The van der Waals surface area contributed by atoms with E-state index in [9.17, 15) is 14.7 Å². The molecule has 0 bridgehead atoms. The zero-order chi connectivity index (χ0) is 21.7. The molecule has 3 rings (SSSR count). The van der Waals surface area contributed by atoms with Gasteiger partial charge in [-0.15, -0.1) is 0 Å². The van der Waals surface area contributed by atoms with Crippen molar-refractivity contribution in [2.45, 2.75) is 39.2 Å². The average molecular weight is 428 g/mol. The summed E-state index contributed by atoms with van der Waals surface area (Å²) in [5.74, 6) is -0.881. The third kappa shape index (κ3) is 4.51. The number of aliphatic hydroxyl groups excluding tert-OH is 1. The molecule has 2 aromatic rings. The SMILES string of the molecule is CCCCCN1C(=O)C(=O)/C(=C(\O)c2cccc(OCC)c2)C1c1ccc(Cl)cc1. The number of benzene rings is 2. The molecule has 1 atom stereocenters. The summed E-state index contributed by atoms with van der Waals surface area (Å²) in [5.41, 5.74) is 1.26. The van der Waals surface area contributed by atoms with E-state index in [1.165, 1.54) is 0 Å². The molecule has 0 radical (unpaired) electrons. The van der Waals surface area contributed by atoms with Crippen LogP contribution in [-0.2, 0) is 9.59 Å². The molecular weight excluding hydrogens is 402 g/mol. The second-order valence-corrected chi connectivity index (χ2v) is 7.65. The Hall–Kier alpha value is -2.79. The lowest BCUT2D eigenvalue weighted by atomic mass is 9.95. The van der Waals surface area contributed by atoms with Crippen molar-refractivity contribution in [2.75, 3.05) is 13.2 Å². The minimum atomic E-state index is -0.675. The normalized spacial score (nSPS) is 18.1. The summed E-state index contributed by atoms with van der Waals surface area (Å²) in [4.78, 5) is 27.4. The molecule has 30 heavy (non-hydrogen) atoms. The number of hydrogen-bond acceptors (Lipinski definition) is 4. The van der Waals surface area contributed by atoms with Crippen molar-refractivity contribution in [2.24, 2.45) is 0 Å². The van der Waals surface area contributed by atoms with E-state index < -0.39 is 17.7 Å². The Labute approximate surface area is 181 Å². The van der Waals surface area contributed by atoms with Crippen molar-refractivity contribution in [1.82, 2.24) is 4.90 Å². The zero-order valence-corrected chi connectivity index (χ0v) is 18.0. The van der Waals surface area contributed by atoms with Crippen molar-refractivity contribution < 1.29 is 19.4 Å². The molecule has 0 saturated carbocycles. The first-order chi connectivity index (χ1) is 14.5. The van der Waals surface area contributed by atoms with Crippen molar-refractivity contribution in [3.63, 3.8) is 0 Å². The summed E-state index contributed by atoms with van der Waals surface area (Å²) in [6, 6.07) is 13.2. The molecule has 1 heterocycles. The standard InChI is InChI=1S/C24H26ClNO4/c1-3-5-6-14-26-21(16-10-12-18(25)13-11-16)20(23(28)24(26)29)22(27)17-8-7-9-19(15-17)30-4-2/h7-13,15,21,27H,3-6,14H2,1-2H3/b22-20-. The third-order valence-corrected chi connectivity index (χ3v) is 5.40. The number of likely N-dealkylation sites (tertiary alicyclic amines) is 1. The molecule has 6 heteroatoms. The number of halogens is 1. The van der Waals surface area contributed by atoms with Crippen LogP contribution in [0.15, 0.2) is 54.1 Å². The molecule has 158 valence electrons. The van der Waals surface area contributed by atoms with Crippen molar-refractivity contribution in [3.8, 4) is 5.75 Å². The van der Waals surface area contributed by atoms with E-state index in [-0.39, 0.29) is 11.3 Å². The van der Waals surface area contributed by atoms with Crippen LogP contribution in [0.25, 0.3) is 5.76 Å². The van der Waals surface area contributed by atoms with Crippen LogP contribution < -0.4 is 4.74 Å². The van der Waals surface area contributed by atoms with Gasteiger partial charge in [-0.2, -0.15) is 0 Å². The number of carbonyl (C=O) groups excluding carboxylic acids is 2. The molecule has 1 aliphatic heterocycles. The lowest BCUT2D eigenvalue weighted by Crippen LogP contribution is -2.30. The maximum atomic E-state index is 13.0. The Morgan fingerprint density at radius 1 is 1.10 bits per heavy atom. The van der Waals surface area contributed by atoms with Crippen LogP contribution in [0, 0.1) is 0 Å². The van der Waals surface area contributed by atoms with Gasteiger partial charge in [-0.3, -0.25) is 9.59 Å². The van der Waals surface area contributed by atoms with E-state index in [4.69, 9.17) is 16.3 Å². The van der Waals surface area contributed by atoms with Gasteiger partial charge in [0.25, 0.3) is 11.7 Å². The maximum absolute atomic E-state index is 13.0. The number of Topliss-reactive ketones (excluding diaryl/α,β-unsaturated/α-hetero) is 1. The fraction of sp³-hybridized carbons (Fsp3) is 0.333. The molecule has 1 aliphatic rings. The van der Waals surface area contributed by atoms with Crippen LogP contribution in [0.4, 0.5) is 0 Å². The highest BCUT2D eigenvalue weighted by atomic mass is 35.5. The zero-order valence-electron chi connectivity index (χ0n) is 17.2. The Kier molecular flexibility index (Phi) is 7.16. The van der Waals surface area contributed by atoms with E-state index in [0.29, 0.717) is 29.5 Å². The monoisotopic (exact) mass is 427 g/mol. The summed E-state index contributed by atoms with van der Waals surface area (Å²) in [6.07, 6.45) is 2.74. The smallest absolute Gasteiger partial charge is 0.295 e. The van der Waals surface area contributed by atoms with Gasteiger partial charge in [-0.1, -0.05) is 55.6 Å². The van der Waals surface area contributed by atoms with E-state index in [1.807, 2.05) is 6.92 Å². The van der Waals surface area contributed by atoms with Crippen LogP contribution >= 0.6 is 11.6 Å². The maximum Gasteiger partial charge on any atom is 0.295 e. The second kappa shape index (κ2) is 9.81. The first-order valence-corrected chi connectivity index (χ1v) is 10.6. The van der Waals surface area contributed by atoms with Gasteiger partial charge in [0.15, 0.2) is 0 Å². The van der Waals surface area contributed by atoms with Gasteiger partial charge in [0.1, 0.15) is 11.5 Å². The van der Waals surface area contributed by atoms with Gasteiger partial charge in [-0.25, -0.2) is 0 Å². The van der Waals surface area contributed by atoms with Gasteiger partial charge in [0, 0.05) is 17.1 Å². The molecule has 2 aromatic carbocycles. The highest BCUT2D eigenvalue weighted by molar-refractivity contribution is 6.46. The predicted molar refractivity (Wildman–Crippen MR) is 118 cm³/mol. The van der Waals surface area contributed by atoms with E-state index in [2.05, 4.69) is 6.92 Å². The van der Waals surface area contributed by atoms with E-state index in [0.717, 1.165) is 24.8 Å². The number of ether oxygens (including phenoxy) is 1. The Morgan fingerprint density at radius 2 is 1.83 bits per heavy atom. The minimum Gasteiger partial charge on any atom is -0.507 e. The number of unbranched alkanes of at least 4 members (excludes halogenated alkanes) is 2. The summed E-state index contributed by atoms with van der Waals surface area (Å²) in [6.45, 7) is 4.88. The van der Waals surface area contributed by atoms with Crippen LogP contribution in [0.3, 0.4) is 0 Å². The number of aliphatic hydroxyl groups is 1. The van der Waals surface area contributed by atoms with Gasteiger partial charge in [0.05, 0.1) is 18.2 Å². The molecular formula is C24H26ClNO4. The predicted octanol–water partition coefficient (Wildman–Crippen LogP) is 5.35. The molecule has 1 saturated heterocycles. The molecule has 1 fully saturated rings. The number of nitrogens with zero attached hydrogens (tertiary/aromatic N) is 1. The molecule has 1 unspecified atom stereocenters. The van der Waals surface area contributed by atoms with E-state index in [1.54, 1.807) is 53.4 Å². The molecule has 0 spiro atoms. The Morgan fingerprint density at radius 3 is 2.50 bits per heavy atom. The third-order valence-electron chi connectivity index (χ3n) is 5.15. The van der Waals surface area contributed by atoms with Crippen molar-refractivity contribution >= 4 is 29.1 Å². The Balaban J connectivity index is 2.10. The fourth-order valence-electron chi connectivity index (χ4n) is 3.69. The number of carbonyl (C=O) groups is 2. The molecule has 1 N–H and O–H groups in total. The number of rotatable bonds is 8. The number of ketones is 1. The Bertz CT molecular complexity index is 952. The lowest BCUT2D eigenvalue weighted by Gasteiger charge is -2.25. The van der Waals surface area contributed by atoms with Crippen molar-refractivity contribution in [1.29, 1.82) is 0 Å². The highest BCUT2D eigenvalue weighted by Crippen LogP contribution is 2.40. The average Bonchev–Trinajstić information content (AvgIpc) is 2.99. The summed E-state index contributed by atoms with van der Waals surface area (Å²) < 4.78 is 5.51. The lowest BCUT2D eigenvalue weighted by molar-refractivity contribution is -0.139. The van der Waals surface area contributed by atoms with Gasteiger partial charge >= 0.3 is 0 Å². The minimum absolute atomic E-state index is 0.0902. The van der Waals surface area contributed by atoms with Gasteiger partial charge in [-0.05, 0) is 43.2 Å². The fourth-order valence-corrected chi connectivity index (χ4v) is 3.82. The summed E-state index contributed by atoms with van der Waals surface area (Å²) in [5, 5.41) is 11.6. The molecule has 1 amide bonds. The second-order valence-electron chi connectivity index (χ2n) is 7.21. The van der Waals surface area contributed by atoms with Crippen LogP contribution in [0.5, 0.6) is 5.75 Å². The first kappa shape index (κ1) is 21.9. The molecule has 0 aliphatic carbocycles.